The summed E-state index contributed by atoms with van der Waals surface area (Å²) in [5, 5.41) is 2.95. The number of esters is 1. The molecule has 1 fully saturated rings. The summed E-state index contributed by atoms with van der Waals surface area (Å²) in [5.74, 6) is 0.724. The van der Waals surface area contributed by atoms with Gasteiger partial charge < -0.3 is 19.5 Å². The minimum absolute atomic E-state index is 0.173. The lowest BCUT2D eigenvalue weighted by molar-refractivity contribution is -0.144. The van der Waals surface area contributed by atoms with Crippen LogP contribution in [0.4, 0.5) is 0 Å². The largest absolute Gasteiger partial charge is 0.493 e. The molecule has 1 N–H and O–H groups in total. The predicted octanol–water partition coefficient (Wildman–Crippen LogP) is 2.96. The summed E-state index contributed by atoms with van der Waals surface area (Å²) in [6.07, 6.45) is 7.28. The van der Waals surface area contributed by atoms with E-state index in [0.29, 0.717) is 23.0 Å². The first-order valence-corrected chi connectivity index (χ1v) is 8.90. The first kappa shape index (κ1) is 19.8. The third kappa shape index (κ3) is 5.51. The van der Waals surface area contributed by atoms with Gasteiger partial charge in [-0.15, -0.1) is 0 Å². The fourth-order valence-corrected chi connectivity index (χ4v) is 3.16. The number of carbonyl (C=O) groups is 2. The van der Waals surface area contributed by atoms with Crippen molar-refractivity contribution in [1.82, 2.24) is 5.32 Å². The minimum atomic E-state index is -0.582. The molecule has 0 saturated heterocycles. The maximum Gasteiger partial charge on any atom is 0.331 e. The minimum Gasteiger partial charge on any atom is -0.493 e. The molecular formula is C20H27NO5. The van der Waals surface area contributed by atoms with Crippen LogP contribution >= 0.6 is 0 Å². The normalized spacial score (nSPS) is 19.8. The van der Waals surface area contributed by atoms with Crippen LogP contribution in [0.3, 0.4) is 0 Å². The third-order valence-corrected chi connectivity index (χ3v) is 4.64. The number of nitrogens with one attached hydrogen (secondary N) is 1. The van der Waals surface area contributed by atoms with E-state index in [4.69, 9.17) is 14.2 Å². The highest BCUT2D eigenvalue weighted by atomic mass is 16.5. The molecule has 142 valence electrons. The highest BCUT2D eigenvalue weighted by molar-refractivity contribution is 5.90. The van der Waals surface area contributed by atoms with Crippen LogP contribution in [0.5, 0.6) is 11.5 Å². The second-order valence-electron chi connectivity index (χ2n) is 6.46. The average Bonchev–Trinajstić information content (AvgIpc) is 2.66. The Morgan fingerprint density at radius 3 is 2.65 bits per heavy atom. The molecule has 0 aliphatic heterocycles. The van der Waals surface area contributed by atoms with Crippen molar-refractivity contribution in [3.05, 3.63) is 29.8 Å². The quantitative estimate of drug-likeness (QED) is 0.597. The molecule has 0 aromatic heterocycles. The maximum absolute atomic E-state index is 12.0. The molecule has 0 bridgehead atoms. The Bertz CT molecular complexity index is 656. The lowest BCUT2D eigenvalue weighted by atomic mass is 9.86. The summed E-state index contributed by atoms with van der Waals surface area (Å²) >= 11 is 0. The number of amides is 1. The van der Waals surface area contributed by atoms with Crippen LogP contribution in [0.1, 0.15) is 38.2 Å². The molecule has 0 unspecified atom stereocenters. The molecule has 0 radical (unpaired) electrons. The van der Waals surface area contributed by atoms with Crippen LogP contribution < -0.4 is 14.8 Å². The van der Waals surface area contributed by atoms with E-state index in [0.717, 1.165) is 19.3 Å². The monoisotopic (exact) mass is 361 g/mol. The molecule has 6 nitrogen and oxygen atoms in total. The molecule has 2 atom stereocenters. The topological polar surface area (TPSA) is 73.9 Å². The van der Waals surface area contributed by atoms with Gasteiger partial charge in [-0.05, 0) is 30.9 Å². The summed E-state index contributed by atoms with van der Waals surface area (Å²) in [6.45, 7) is 1.86. The fraction of sp³-hybridized carbons (Fsp3) is 0.500. The van der Waals surface area contributed by atoms with Gasteiger partial charge in [-0.3, -0.25) is 4.79 Å². The first-order chi connectivity index (χ1) is 12.5. The van der Waals surface area contributed by atoms with Crippen LogP contribution in [0.15, 0.2) is 24.3 Å². The van der Waals surface area contributed by atoms with Gasteiger partial charge in [0.25, 0.3) is 5.91 Å². The Morgan fingerprint density at radius 2 is 1.96 bits per heavy atom. The molecule has 1 aliphatic rings. The van der Waals surface area contributed by atoms with Gasteiger partial charge in [-0.1, -0.05) is 31.9 Å². The zero-order valence-corrected chi connectivity index (χ0v) is 15.6. The number of methoxy groups -OCH3 is 2. The second-order valence-corrected chi connectivity index (χ2v) is 6.46. The van der Waals surface area contributed by atoms with Gasteiger partial charge in [-0.2, -0.15) is 0 Å². The SMILES string of the molecule is COc1cccc(/C=C/C(=O)OCC(=O)N[C@H]2CCCC[C@H]2C)c1OC. The zero-order chi connectivity index (χ0) is 18.9. The van der Waals surface area contributed by atoms with Crippen molar-refractivity contribution in [2.75, 3.05) is 20.8 Å². The van der Waals surface area contributed by atoms with Gasteiger partial charge in [0.2, 0.25) is 0 Å². The molecule has 1 saturated carbocycles. The predicted molar refractivity (Wildman–Crippen MR) is 99.1 cm³/mol. The summed E-state index contributed by atoms with van der Waals surface area (Å²) in [6, 6.07) is 5.53. The Morgan fingerprint density at radius 1 is 1.19 bits per heavy atom. The summed E-state index contributed by atoms with van der Waals surface area (Å²) in [5.41, 5.74) is 0.685. The molecular weight excluding hydrogens is 334 g/mol. The van der Waals surface area contributed by atoms with Gasteiger partial charge >= 0.3 is 5.97 Å². The highest BCUT2D eigenvalue weighted by Crippen LogP contribution is 2.31. The van der Waals surface area contributed by atoms with Crippen molar-refractivity contribution in [1.29, 1.82) is 0 Å². The third-order valence-electron chi connectivity index (χ3n) is 4.64. The molecule has 0 heterocycles. The summed E-state index contributed by atoms with van der Waals surface area (Å²) in [7, 11) is 3.08. The second kappa shape index (κ2) is 9.85. The van der Waals surface area contributed by atoms with Crippen molar-refractivity contribution in [2.45, 2.75) is 38.6 Å². The number of hydrogen-bond acceptors (Lipinski definition) is 5. The number of carbonyl (C=O) groups excluding carboxylic acids is 2. The van der Waals surface area contributed by atoms with E-state index in [1.54, 1.807) is 31.4 Å². The molecule has 2 rings (SSSR count). The Balaban J connectivity index is 1.85. The van der Waals surface area contributed by atoms with E-state index >= 15 is 0 Å². The molecule has 6 heteroatoms. The molecule has 1 aromatic carbocycles. The van der Waals surface area contributed by atoms with Crippen LogP contribution in [0.25, 0.3) is 6.08 Å². The van der Waals surface area contributed by atoms with Crippen LogP contribution in [-0.2, 0) is 14.3 Å². The van der Waals surface area contributed by atoms with Crippen LogP contribution in [-0.4, -0.2) is 38.7 Å². The Hall–Kier alpha value is -2.50. The van der Waals surface area contributed by atoms with Crippen LogP contribution in [0.2, 0.25) is 0 Å². The van der Waals surface area contributed by atoms with Gasteiger partial charge in [0.15, 0.2) is 18.1 Å². The number of hydrogen-bond donors (Lipinski definition) is 1. The van der Waals surface area contributed by atoms with Gasteiger partial charge in [0, 0.05) is 17.7 Å². The molecule has 0 spiro atoms. The number of rotatable bonds is 7. The van der Waals surface area contributed by atoms with E-state index in [2.05, 4.69) is 12.2 Å². The lowest BCUT2D eigenvalue weighted by Crippen LogP contribution is -2.42. The van der Waals surface area contributed by atoms with E-state index in [1.807, 2.05) is 0 Å². The van der Waals surface area contributed by atoms with E-state index in [1.165, 1.54) is 19.6 Å². The summed E-state index contributed by atoms with van der Waals surface area (Å²) in [4.78, 5) is 23.8. The van der Waals surface area contributed by atoms with Crippen molar-refractivity contribution in [3.8, 4) is 11.5 Å². The molecule has 1 aromatic rings. The number of benzene rings is 1. The standard InChI is InChI=1S/C20H27NO5/c1-14-7-4-5-9-16(14)21-18(22)13-26-19(23)12-11-15-8-6-10-17(24-2)20(15)25-3/h6,8,10-12,14,16H,4-5,7,9,13H2,1-3H3,(H,21,22)/b12-11+/t14-,16+/m1/s1. The van der Waals surface area contributed by atoms with Crippen LogP contribution in [0, 0.1) is 5.92 Å². The molecule has 1 aliphatic carbocycles. The summed E-state index contributed by atoms with van der Waals surface area (Å²) < 4.78 is 15.5. The van der Waals surface area contributed by atoms with E-state index in [-0.39, 0.29) is 18.6 Å². The van der Waals surface area contributed by atoms with E-state index < -0.39 is 5.97 Å². The number of ether oxygens (including phenoxy) is 3. The smallest absolute Gasteiger partial charge is 0.331 e. The highest BCUT2D eigenvalue weighted by Gasteiger charge is 2.22. The number of para-hydroxylation sites is 1. The van der Waals surface area contributed by atoms with Gasteiger partial charge in [0.05, 0.1) is 14.2 Å². The van der Waals surface area contributed by atoms with Gasteiger partial charge in [-0.25, -0.2) is 4.79 Å². The maximum atomic E-state index is 12.0. The zero-order valence-electron chi connectivity index (χ0n) is 15.6. The Labute approximate surface area is 154 Å². The fourth-order valence-electron chi connectivity index (χ4n) is 3.16. The van der Waals surface area contributed by atoms with Crippen molar-refractivity contribution in [3.63, 3.8) is 0 Å². The van der Waals surface area contributed by atoms with Crippen molar-refractivity contribution < 1.29 is 23.8 Å². The molecule has 1 amide bonds. The average molecular weight is 361 g/mol. The van der Waals surface area contributed by atoms with E-state index in [9.17, 15) is 9.59 Å². The lowest BCUT2D eigenvalue weighted by Gasteiger charge is -2.29. The van der Waals surface area contributed by atoms with Crippen molar-refractivity contribution in [2.24, 2.45) is 5.92 Å². The first-order valence-electron chi connectivity index (χ1n) is 8.90. The van der Waals surface area contributed by atoms with Crippen molar-refractivity contribution >= 4 is 18.0 Å². The van der Waals surface area contributed by atoms with Gasteiger partial charge in [0.1, 0.15) is 0 Å². The molecule has 26 heavy (non-hydrogen) atoms. The Kier molecular flexibility index (Phi) is 7.51.